The van der Waals surface area contributed by atoms with Crippen LogP contribution in [-0.2, 0) is 16.3 Å². The Bertz CT molecular complexity index is 799. The van der Waals surface area contributed by atoms with Gasteiger partial charge in [0.2, 0.25) is 0 Å². The van der Waals surface area contributed by atoms with Crippen molar-refractivity contribution < 1.29 is 8.42 Å². The van der Waals surface area contributed by atoms with Crippen molar-refractivity contribution in [3.8, 4) is 0 Å². The average Bonchev–Trinajstić information content (AvgIpc) is 2.46. The van der Waals surface area contributed by atoms with E-state index in [4.69, 9.17) is 0 Å². The van der Waals surface area contributed by atoms with E-state index in [0.29, 0.717) is 11.3 Å². The summed E-state index contributed by atoms with van der Waals surface area (Å²) in [6, 6.07) is 16.2. The molecule has 1 aliphatic rings. The van der Waals surface area contributed by atoms with Crippen LogP contribution in [0.2, 0.25) is 0 Å². The first-order valence-electron chi connectivity index (χ1n) is 8.17. The normalized spacial score (nSPS) is 20.0. The fourth-order valence-corrected chi connectivity index (χ4v) is 5.13. The Morgan fingerprint density at radius 1 is 1.00 bits per heavy atom. The standard InChI is InChI=1S/C20H24O2S/c1-20(2,3)18-11-12-23(21,22)19-10-9-16(14-17(18)19)13-15-7-5-4-6-8-15/h4-10,14,18H,11-13H2,1-3H3. The van der Waals surface area contributed by atoms with Gasteiger partial charge in [-0.05, 0) is 46.9 Å². The maximum Gasteiger partial charge on any atom is 0.178 e. The van der Waals surface area contributed by atoms with Crippen molar-refractivity contribution in [1.82, 2.24) is 0 Å². The Labute approximate surface area is 139 Å². The third-order valence-corrected chi connectivity index (χ3v) is 6.57. The minimum Gasteiger partial charge on any atom is -0.224 e. The molecule has 3 rings (SSSR count). The van der Waals surface area contributed by atoms with Crippen LogP contribution in [0.4, 0.5) is 0 Å². The molecule has 1 heterocycles. The van der Waals surface area contributed by atoms with Gasteiger partial charge in [0.15, 0.2) is 9.84 Å². The summed E-state index contributed by atoms with van der Waals surface area (Å²) in [7, 11) is -3.12. The first-order chi connectivity index (χ1) is 10.8. The minimum absolute atomic E-state index is 0.0655. The van der Waals surface area contributed by atoms with E-state index in [0.717, 1.165) is 12.0 Å². The monoisotopic (exact) mass is 328 g/mol. The predicted octanol–water partition coefficient (Wildman–Crippen LogP) is 4.58. The first-order valence-corrected chi connectivity index (χ1v) is 9.82. The summed E-state index contributed by atoms with van der Waals surface area (Å²) < 4.78 is 24.8. The second-order valence-electron chi connectivity index (χ2n) is 7.56. The SMILES string of the molecule is CC(C)(C)C1CCS(=O)(=O)c2ccc(Cc3ccccc3)cc21. The molecule has 3 heteroatoms. The molecule has 2 aromatic carbocycles. The Hall–Kier alpha value is -1.61. The third-order valence-electron chi connectivity index (χ3n) is 4.76. The second kappa shape index (κ2) is 5.79. The average molecular weight is 328 g/mol. The van der Waals surface area contributed by atoms with Crippen LogP contribution >= 0.6 is 0 Å². The van der Waals surface area contributed by atoms with E-state index in [1.165, 1.54) is 11.1 Å². The number of hydrogen-bond donors (Lipinski definition) is 0. The van der Waals surface area contributed by atoms with Crippen LogP contribution in [0.15, 0.2) is 53.4 Å². The summed E-state index contributed by atoms with van der Waals surface area (Å²) in [5.41, 5.74) is 3.51. The molecule has 0 N–H and O–H groups in total. The third kappa shape index (κ3) is 3.35. The lowest BCUT2D eigenvalue weighted by Gasteiger charge is -2.35. The molecule has 0 saturated carbocycles. The number of rotatable bonds is 2. The number of fused-ring (bicyclic) bond motifs is 1. The molecule has 2 nitrogen and oxygen atoms in total. The lowest BCUT2D eigenvalue weighted by molar-refractivity contribution is 0.305. The van der Waals surface area contributed by atoms with Crippen molar-refractivity contribution in [3.63, 3.8) is 0 Å². The molecule has 0 aliphatic carbocycles. The van der Waals surface area contributed by atoms with Crippen molar-refractivity contribution in [3.05, 3.63) is 65.2 Å². The highest BCUT2D eigenvalue weighted by Gasteiger charge is 2.36. The van der Waals surface area contributed by atoms with Gasteiger partial charge in [-0.15, -0.1) is 0 Å². The summed E-state index contributed by atoms with van der Waals surface area (Å²) >= 11 is 0. The molecular weight excluding hydrogens is 304 g/mol. The van der Waals surface area contributed by atoms with Gasteiger partial charge in [-0.3, -0.25) is 0 Å². The molecule has 0 bridgehead atoms. The molecule has 0 amide bonds. The summed E-state index contributed by atoms with van der Waals surface area (Å²) in [5.74, 6) is 0.553. The highest BCUT2D eigenvalue weighted by Crippen LogP contribution is 2.44. The molecule has 0 spiro atoms. The van der Waals surface area contributed by atoms with Crippen molar-refractivity contribution in [2.45, 2.75) is 44.4 Å². The van der Waals surface area contributed by atoms with Gasteiger partial charge in [0.05, 0.1) is 10.6 Å². The van der Waals surface area contributed by atoms with Gasteiger partial charge in [0.25, 0.3) is 0 Å². The highest BCUT2D eigenvalue weighted by atomic mass is 32.2. The molecule has 0 aromatic heterocycles. The van der Waals surface area contributed by atoms with Gasteiger partial charge >= 0.3 is 0 Å². The van der Waals surface area contributed by atoms with Crippen LogP contribution < -0.4 is 0 Å². The lowest BCUT2D eigenvalue weighted by Crippen LogP contribution is -2.28. The maximum atomic E-state index is 12.4. The quantitative estimate of drug-likeness (QED) is 0.808. The second-order valence-corrected chi connectivity index (χ2v) is 9.64. The Morgan fingerprint density at radius 2 is 1.70 bits per heavy atom. The summed E-state index contributed by atoms with van der Waals surface area (Å²) in [6.45, 7) is 6.59. The van der Waals surface area contributed by atoms with Gasteiger partial charge < -0.3 is 0 Å². The van der Waals surface area contributed by atoms with E-state index in [1.54, 1.807) is 0 Å². The number of hydrogen-bond acceptors (Lipinski definition) is 2. The van der Waals surface area contributed by atoms with Gasteiger partial charge in [-0.2, -0.15) is 0 Å². The first kappa shape index (κ1) is 16.3. The minimum atomic E-state index is -3.12. The van der Waals surface area contributed by atoms with Crippen LogP contribution in [0.5, 0.6) is 0 Å². The van der Waals surface area contributed by atoms with Gasteiger partial charge in [0.1, 0.15) is 0 Å². The maximum absolute atomic E-state index is 12.4. The molecule has 122 valence electrons. The molecule has 0 saturated heterocycles. The zero-order chi connectivity index (χ0) is 16.7. The fourth-order valence-electron chi connectivity index (χ4n) is 3.53. The number of benzene rings is 2. The van der Waals surface area contributed by atoms with Crippen LogP contribution in [0.25, 0.3) is 0 Å². The molecule has 1 unspecified atom stereocenters. The predicted molar refractivity (Wildman–Crippen MR) is 94.6 cm³/mol. The Morgan fingerprint density at radius 3 is 2.35 bits per heavy atom. The molecule has 1 aliphatic heterocycles. The summed E-state index contributed by atoms with van der Waals surface area (Å²) in [6.07, 6.45) is 1.55. The van der Waals surface area contributed by atoms with Crippen LogP contribution in [0.3, 0.4) is 0 Å². The molecule has 23 heavy (non-hydrogen) atoms. The zero-order valence-corrected chi connectivity index (χ0v) is 14.9. The summed E-state index contributed by atoms with van der Waals surface area (Å²) in [4.78, 5) is 0.542. The molecule has 0 fully saturated rings. The molecule has 2 aromatic rings. The van der Waals surface area contributed by atoms with E-state index in [1.807, 2.05) is 30.3 Å². The van der Waals surface area contributed by atoms with Gasteiger partial charge in [-0.1, -0.05) is 63.2 Å². The Kier molecular flexibility index (Phi) is 4.09. The van der Waals surface area contributed by atoms with Crippen molar-refractivity contribution in [2.75, 3.05) is 5.75 Å². The lowest BCUT2D eigenvalue weighted by atomic mass is 9.74. The van der Waals surface area contributed by atoms with Crippen molar-refractivity contribution in [1.29, 1.82) is 0 Å². The Balaban J connectivity index is 2.04. The van der Waals surface area contributed by atoms with Crippen molar-refractivity contribution in [2.24, 2.45) is 5.41 Å². The smallest absolute Gasteiger partial charge is 0.178 e. The van der Waals surface area contributed by atoms with E-state index in [9.17, 15) is 8.42 Å². The molecule has 0 radical (unpaired) electrons. The molecular formula is C20H24O2S. The largest absolute Gasteiger partial charge is 0.224 e. The van der Waals surface area contributed by atoms with E-state index < -0.39 is 9.84 Å². The van der Waals surface area contributed by atoms with Gasteiger partial charge in [0, 0.05) is 0 Å². The number of sulfone groups is 1. The van der Waals surface area contributed by atoms with E-state index >= 15 is 0 Å². The van der Waals surface area contributed by atoms with E-state index in [2.05, 4.69) is 39.0 Å². The fraction of sp³-hybridized carbons (Fsp3) is 0.400. The van der Waals surface area contributed by atoms with Crippen molar-refractivity contribution >= 4 is 9.84 Å². The zero-order valence-electron chi connectivity index (χ0n) is 14.0. The highest BCUT2D eigenvalue weighted by molar-refractivity contribution is 7.91. The van der Waals surface area contributed by atoms with Gasteiger partial charge in [-0.25, -0.2) is 8.42 Å². The van der Waals surface area contributed by atoms with Crippen LogP contribution in [0.1, 0.15) is 49.8 Å². The van der Waals surface area contributed by atoms with E-state index in [-0.39, 0.29) is 17.1 Å². The van der Waals surface area contributed by atoms with Crippen LogP contribution in [0, 0.1) is 5.41 Å². The topological polar surface area (TPSA) is 34.1 Å². The molecule has 1 atom stereocenters. The summed E-state index contributed by atoms with van der Waals surface area (Å²) in [5, 5.41) is 0. The van der Waals surface area contributed by atoms with Crippen LogP contribution in [-0.4, -0.2) is 14.2 Å².